The highest BCUT2D eigenvalue weighted by Crippen LogP contribution is 2.17. The molecule has 0 aliphatic rings. The molecule has 0 unspecified atom stereocenters. The van der Waals surface area contributed by atoms with Gasteiger partial charge in [-0.1, -0.05) is 44.0 Å². The highest BCUT2D eigenvalue weighted by molar-refractivity contribution is 5.95. The summed E-state index contributed by atoms with van der Waals surface area (Å²) in [6.07, 6.45) is 3.49. The van der Waals surface area contributed by atoms with Crippen LogP contribution in [0, 0.1) is 0 Å². The second-order valence-electron chi connectivity index (χ2n) is 8.02. The van der Waals surface area contributed by atoms with E-state index in [-0.39, 0.29) is 18.4 Å². The first-order valence-electron chi connectivity index (χ1n) is 12.0. The van der Waals surface area contributed by atoms with E-state index >= 15 is 0 Å². The lowest BCUT2D eigenvalue weighted by Crippen LogP contribution is -2.21. The number of hydrogen-bond donors (Lipinski definition) is 3. The summed E-state index contributed by atoms with van der Waals surface area (Å²) < 4.78 is 11.3. The van der Waals surface area contributed by atoms with E-state index in [0.29, 0.717) is 31.0 Å². The fraction of sp³-hybridized carbons (Fsp3) is 0.286. The molecule has 0 atom stereocenters. The smallest absolute Gasteiger partial charge is 0.243 e. The van der Waals surface area contributed by atoms with E-state index in [0.717, 1.165) is 36.4 Å². The molecular formula is C28H33N3O4. The number of carbonyl (C=O) groups excluding carboxylic acids is 2. The summed E-state index contributed by atoms with van der Waals surface area (Å²) in [5, 5.41) is 8.82. The SMILES string of the molecule is CCCCCC(=O)Nc1cccc(NC(=O)CNc2ccc(OCCOc3ccccc3)cc2)c1. The van der Waals surface area contributed by atoms with Crippen molar-refractivity contribution in [3.8, 4) is 11.5 Å². The van der Waals surface area contributed by atoms with Gasteiger partial charge < -0.3 is 25.4 Å². The van der Waals surface area contributed by atoms with Gasteiger partial charge in [-0.3, -0.25) is 9.59 Å². The van der Waals surface area contributed by atoms with Gasteiger partial charge in [-0.2, -0.15) is 0 Å². The molecule has 0 spiro atoms. The Morgan fingerprint density at radius 2 is 1.31 bits per heavy atom. The van der Waals surface area contributed by atoms with Crippen LogP contribution in [0.4, 0.5) is 17.1 Å². The number of anilines is 3. The maximum Gasteiger partial charge on any atom is 0.243 e. The lowest BCUT2D eigenvalue weighted by molar-refractivity contribution is -0.116. The van der Waals surface area contributed by atoms with E-state index < -0.39 is 0 Å². The fourth-order valence-electron chi connectivity index (χ4n) is 3.33. The van der Waals surface area contributed by atoms with Crippen molar-refractivity contribution in [2.75, 3.05) is 35.7 Å². The summed E-state index contributed by atoms with van der Waals surface area (Å²) in [6.45, 7) is 3.10. The average Bonchev–Trinajstić information content (AvgIpc) is 2.87. The minimum atomic E-state index is -0.185. The highest BCUT2D eigenvalue weighted by atomic mass is 16.5. The van der Waals surface area contributed by atoms with Gasteiger partial charge in [0, 0.05) is 23.5 Å². The molecule has 0 fully saturated rings. The molecular weight excluding hydrogens is 442 g/mol. The fourth-order valence-corrected chi connectivity index (χ4v) is 3.33. The molecule has 184 valence electrons. The zero-order valence-electron chi connectivity index (χ0n) is 20.1. The number of unbranched alkanes of at least 4 members (excludes halogenated alkanes) is 2. The molecule has 3 rings (SSSR count). The van der Waals surface area contributed by atoms with E-state index in [1.165, 1.54) is 0 Å². The van der Waals surface area contributed by atoms with Gasteiger partial charge in [0.2, 0.25) is 11.8 Å². The first-order chi connectivity index (χ1) is 17.1. The molecule has 2 amide bonds. The first-order valence-corrected chi connectivity index (χ1v) is 12.0. The van der Waals surface area contributed by atoms with E-state index in [1.54, 1.807) is 18.2 Å². The third kappa shape index (κ3) is 9.80. The molecule has 7 heteroatoms. The molecule has 0 saturated heterocycles. The van der Waals surface area contributed by atoms with Crippen molar-refractivity contribution in [1.82, 2.24) is 0 Å². The number of carbonyl (C=O) groups is 2. The molecule has 0 aliphatic heterocycles. The Balaban J connectivity index is 1.36. The zero-order chi connectivity index (χ0) is 24.7. The van der Waals surface area contributed by atoms with E-state index in [1.807, 2.05) is 60.7 Å². The number of benzene rings is 3. The van der Waals surface area contributed by atoms with Crippen LogP contribution < -0.4 is 25.4 Å². The molecule has 0 heterocycles. The predicted molar refractivity (Wildman–Crippen MR) is 140 cm³/mol. The molecule has 3 aromatic carbocycles. The van der Waals surface area contributed by atoms with Crippen molar-refractivity contribution in [1.29, 1.82) is 0 Å². The van der Waals surface area contributed by atoms with Crippen LogP contribution >= 0.6 is 0 Å². The van der Waals surface area contributed by atoms with Gasteiger partial charge in [-0.05, 0) is 61.0 Å². The van der Waals surface area contributed by atoms with E-state index in [4.69, 9.17) is 9.47 Å². The molecule has 3 N–H and O–H groups in total. The van der Waals surface area contributed by atoms with E-state index in [2.05, 4.69) is 22.9 Å². The number of rotatable bonds is 14. The van der Waals surface area contributed by atoms with Gasteiger partial charge in [-0.15, -0.1) is 0 Å². The van der Waals surface area contributed by atoms with Crippen molar-refractivity contribution < 1.29 is 19.1 Å². The molecule has 0 radical (unpaired) electrons. The minimum Gasteiger partial charge on any atom is -0.490 e. The standard InChI is InChI=1S/C28H33N3O4/c1-2-3-5-13-27(32)30-23-9-8-10-24(20-23)31-28(33)21-29-22-14-16-26(17-15-22)35-19-18-34-25-11-6-4-7-12-25/h4,6-12,14-17,20,29H,2-3,5,13,18-19,21H2,1H3,(H,30,32)(H,31,33). The Morgan fingerprint density at radius 3 is 1.97 bits per heavy atom. The zero-order valence-corrected chi connectivity index (χ0v) is 20.1. The summed E-state index contributed by atoms with van der Waals surface area (Å²) in [5.41, 5.74) is 2.10. The summed E-state index contributed by atoms with van der Waals surface area (Å²) in [6, 6.07) is 24.2. The first kappa shape index (κ1) is 25.6. The van der Waals surface area contributed by atoms with Crippen molar-refractivity contribution in [3.05, 3.63) is 78.9 Å². The van der Waals surface area contributed by atoms with Crippen LogP contribution in [-0.2, 0) is 9.59 Å². The second kappa shape index (κ2) is 14.3. The summed E-state index contributed by atoms with van der Waals surface area (Å²) >= 11 is 0. The van der Waals surface area contributed by atoms with Crippen LogP contribution in [0.3, 0.4) is 0 Å². The number of ether oxygens (including phenoxy) is 2. The van der Waals surface area contributed by atoms with Crippen LogP contribution in [0.1, 0.15) is 32.6 Å². The van der Waals surface area contributed by atoms with Gasteiger partial charge in [0.25, 0.3) is 0 Å². The number of hydrogen-bond acceptors (Lipinski definition) is 5. The Bertz CT molecular complexity index is 1060. The van der Waals surface area contributed by atoms with Gasteiger partial charge >= 0.3 is 0 Å². The lowest BCUT2D eigenvalue weighted by Gasteiger charge is -2.11. The van der Waals surface area contributed by atoms with Crippen LogP contribution in [0.15, 0.2) is 78.9 Å². The molecule has 0 saturated carbocycles. The van der Waals surface area contributed by atoms with Gasteiger partial charge in [-0.25, -0.2) is 0 Å². The van der Waals surface area contributed by atoms with E-state index in [9.17, 15) is 9.59 Å². The quantitative estimate of drug-likeness (QED) is 0.260. The number of nitrogens with one attached hydrogen (secondary N) is 3. The normalized spacial score (nSPS) is 10.3. The van der Waals surface area contributed by atoms with Gasteiger partial charge in [0.1, 0.15) is 24.7 Å². The van der Waals surface area contributed by atoms with Crippen molar-refractivity contribution in [2.45, 2.75) is 32.6 Å². The van der Waals surface area contributed by atoms with Crippen LogP contribution in [0.2, 0.25) is 0 Å². The van der Waals surface area contributed by atoms with Crippen LogP contribution in [-0.4, -0.2) is 31.6 Å². The second-order valence-corrected chi connectivity index (χ2v) is 8.02. The summed E-state index contributed by atoms with van der Waals surface area (Å²) in [7, 11) is 0. The topological polar surface area (TPSA) is 88.7 Å². The molecule has 3 aromatic rings. The third-order valence-corrected chi connectivity index (χ3v) is 5.11. The highest BCUT2D eigenvalue weighted by Gasteiger charge is 2.06. The molecule has 35 heavy (non-hydrogen) atoms. The summed E-state index contributed by atoms with van der Waals surface area (Å²) in [5.74, 6) is 1.34. The Labute approximate surface area is 206 Å². The Morgan fingerprint density at radius 1 is 0.686 bits per heavy atom. The lowest BCUT2D eigenvalue weighted by atomic mass is 10.2. The molecule has 0 aliphatic carbocycles. The molecule has 0 bridgehead atoms. The van der Waals surface area contributed by atoms with Crippen LogP contribution in [0.5, 0.6) is 11.5 Å². The minimum absolute atomic E-state index is 0.0141. The average molecular weight is 476 g/mol. The largest absolute Gasteiger partial charge is 0.490 e. The third-order valence-electron chi connectivity index (χ3n) is 5.11. The van der Waals surface area contributed by atoms with Crippen molar-refractivity contribution in [2.24, 2.45) is 0 Å². The number of para-hydroxylation sites is 1. The monoisotopic (exact) mass is 475 g/mol. The van der Waals surface area contributed by atoms with Crippen molar-refractivity contribution >= 4 is 28.9 Å². The number of amides is 2. The summed E-state index contributed by atoms with van der Waals surface area (Å²) in [4.78, 5) is 24.4. The van der Waals surface area contributed by atoms with Crippen LogP contribution in [0.25, 0.3) is 0 Å². The predicted octanol–water partition coefficient (Wildman–Crippen LogP) is 5.71. The maximum absolute atomic E-state index is 12.4. The van der Waals surface area contributed by atoms with Crippen molar-refractivity contribution in [3.63, 3.8) is 0 Å². The maximum atomic E-state index is 12.4. The van der Waals surface area contributed by atoms with Gasteiger partial charge in [0.05, 0.1) is 6.54 Å². The van der Waals surface area contributed by atoms with Gasteiger partial charge in [0.15, 0.2) is 0 Å². The Hall–Kier alpha value is -4.00. The molecule has 0 aromatic heterocycles. The molecule has 7 nitrogen and oxygen atoms in total. The Kier molecular flexibility index (Phi) is 10.5.